The number of methoxy groups -OCH3 is 1. The number of ether oxygens (including phenoxy) is 1. The first kappa shape index (κ1) is 17.2. The molecule has 0 aliphatic carbocycles. The summed E-state index contributed by atoms with van der Waals surface area (Å²) < 4.78 is 4.61. The van der Waals surface area contributed by atoms with Crippen molar-refractivity contribution in [2.24, 2.45) is 0 Å². The lowest BCUT2D eigenvalue weighted by Crippen LogP contribution is -2.33. The Bertz CT molecular complexity index is 740. The number of nitrogens with zero attached hydrogens (tertiary/aromatic N) is 2. The molecule has 25 heavy (non-hydrogen) atoms. The van der Waals surface area contributed by atoms with E-state index in [1.54, 1.807) is 0 Å². The number of aromatic amines is 1. The maximum absolute atomic E-state index is 12.4. The molecule has 0 radical (unpaired) electrons. The van der Waals surface area contributed by atoms with Crippen LogP contribution < -0.4 is 0 Å². The highest BCUT2D eigenvalue weighted by Crippen LogP contribution is 2.26. The number of amides is 1. The number of nitrogens with one attached hydrogen (secondary N) is 1. The summed E-state index contributed by atoms with van der Waals surface area (Å²) in [5.41, 5.74) is 4.40. The summed E-state index contributed by atoms with van der Waals surface area (Å²) in [6.07, 6.45) is 2.77. The molecular weight excluding hydrogens is 318 g/mol. The maximum atomic E-state index is 12.4. The molecule has 0 bridgehead atoms. The lowest BCUT2D eigenvalue weighted by Gasteiger charge is -2.20. The van der Waals surface area contributed by atoms with E-state index in [0.717, 1.165) is 29.8 Å². The molecule has 1 aromatic heterocycles. The standard InChI is InChI=1S/C19H23N3O3/c1-25-18(24)9-5-8-17(23)22-12-10-15-16(11-13-22)20-21-19(15)14-6-3-2-4-7-14/h2-4,6-7H,5,8-13H2,1H3,(H,20,21). The van der Waals surface area contributed by atoms with Crippen molar-refractivity contribution >= 4 is 11.9 Å². The van der Waals surface area contributed by atoms with Gasteiger partial charge in [-0.3, -0.25) is 14.7 Å². The number of benzene rings is 1. The average Bonchev–Trinajstić information content (AvgIpc) is 2.93. The lowest BCUT2D eigenvalue weighted by molar-refractivity contribution is -0.140. The fraction of sp³-hybridized carbons (Fsp3) is 0.421. The van der Waals surface area contributed by atoms with Crippen LogP contribution in [0.1, 0.15) is 30.5 Å². The van der Waals surface area contributed by atoms with E-state index in [2.05, 4.69) is 27.1 Å². The van der Waals surface area contributed by atoms with Crippen molar-refractivity contribution in [1.29, 1.82) is 0 Å². The Labute approximate surface area is 147 Å². The van der Waals surface area contributed by atoms with Gasteiger partial charge in [-0.25, -0.2) is 0 Å². The van der Waals surface area contributed by atoms with Crippen molar-refractivity contribution in [2.45, 2.75) is 32.1 Å². The Kier molecular flexibility index (Phi) is 5.48. The minimum atomic E-state index is -0.266. The van der Waals surface area contributed by atoms with E-state index in [-0.39, 0.29) is 18.3 Å². The highest BCUT2D eigenvalue weighted by molar-refractivity contribution is 5.77. The summed E-state index contributed by atoms with van der Waals surface area (Å²) in [5, 5.41) is 7.62. The number of hydrogen-bond acceptors (Lipinski definition) is 4. The van der Waals surface area contributed by atoms with Crippen molar-refractivity contribution in [2.75, 3.05) is 20.2 Å². The highest BCUT2D eigenvalue weighted by atomic mass is 16.5. The third-order valence-electron chi connectivity index (χ3n) is 4.62. The third-order valence-corrected chi connectivity index (χ3v) is 4.62. The van der Waals surface area contributed by atoms with Crippen LogP contribution in [0.15, 0.2) is 30.3 Å². The Hall–Kier alpha value is -2.63. The SMILES string of the molecule is COC(=O)CCCC(=O)N1CCc2[nH]nc(-c3ccccc3)c2CC1. The summed E-state index contributed by atoms with van der Waals surface area (Å²) in [7, 11) is 1.37. The maximum Gasteiger partial charge on any atom is 0.305 e. The summed E-state index contributed by atoms with van der Waals surface area (Å²) in [6.45, 7) is 1.36. The van der Waals surface area contributed by atoms with Crippen molar-refractivity contribution < 1.29 is 14.3 Å². The Balaban J connectivity index is 1.62. The second-order valence-corrected chi connectivity index (χ2v) is 6.21. The van der Waals surface area contributed by atoms with Gasteiger partial charge in [-0.1, -0.05) is 30.3 Å². The molecule has 0 unspecified atom stereocenters. The van der Waals surface area contributed by atoms with Gasteiger partial charge in [-0.2, -0.15) is 5.10 Å². The monoisotopic (exact) mass is 341 g/mol. The normalized spacial score (nSPS) is 13.9. The molecule has 132 valence electrons. The highest BCUT2D eigenvalue weighted by Gasteiger charge is 2.22. The minimum absolute atomic E-state index is 0.100. The number of esters is 1. The van der Waals surface area contributed by atoms with E-state index in [4.69, 9.17) is 0 Å². The van der Waals surface area contributed by atoms with Crippen LogP contribution >= 0.6 is 0 Å². The van der Waals surface area contributed by atoms with Gasteiger partial charge in [0.25, 0.3) is 0 Å². The van der Waals surface area contributed by atoms with Crippen LogP contribution in [0.25, 0.3) is 11.3 Å². The second kappa shape index (κ2) is 7.96. The average molecular weight is 341 g/mol. The largest absolute Gasteiger partial charge is 0.469 e. The molecule has 2 aromatic rings. The van der Waals surface area contributed by atoms with Crippen LogP contribution in [0.2, 0.25) is 0 Å². The molecule has 0 saturated carbocycles. The summed E-state index contributed by atoms with van der Waals surface area (Å²) in [4.78, 5) is 25.4. The van der Waals surface area contributed by atoms with Crippen LogP contribution in [-0.2, 0) is 27.2 Å². The topological polar surface area (TPSA) is 75.3 Å². The molecule has 0 fully saturated rings. The number of fused-ring (bicyclic) bond motifs is 1. The van der Waals surface area contributed by atoms with E-state index in [0.29, 0.717) is 25.9 Å². The summed E-state index contributed by atoms with van der Waals surface area (Å²) >= 11 is 0. The molecular formula is C19H23N3O3. The zero-order chi connectivity index (χ0) is 17.6. The molecule has 1 aliphatic heterocycles. The minimum Gasteiger partial charge on any atom is -0.469 e. The molecule has 1 amide bonds. The summed E-state index contributed by atoms with van der Waals surface area (Å²) in [5.74, 6) is -0.166. The van der Waals surface area contributed by atoms with Gasteiger partial charge in [-0.15, -0.1) is 0 Å². The molecule has 1 aromatic carbocycles. The quantitative estimate of drug-likeness (QED) is 0.847. The number of H-pyrrole nitrogens is 1. The zero-order valence-corrected chi connectivity index (χ0v) is 14.5. The van der Waals surface area contributed by atoms with Gasteiger partial charge in [0.05, 0.1) is 12.8 Å². The van der Waals surface area contributed by atoms with E-state index in [1.807, 2.05) is 23.1 Å². The first-order valence-electron chi connectivity index (χ1n) is 8.65. The van der Waals surface area contributed by atoms with Crippen LogP contribution in [0.4, 0.5) is 0 Å². The molecule has 0 spiro atoms. The van der Waals surface area contributed by atoms with Gasteiger partial charge in [0.15, 0.2) is 0 Å². The Morgan fingerprint density at radius 1 is 1.16 bits per heavy atom. The Morgan fingerprint density at radius 2 is 1.92 bits per heavy atom. The van der Waals surface area contributed by atoms with Crippen molar-refractivity contribution in [3.63, 3.8) is 0 Å². The van der Waals surface area contributed by atoms with Gasteiger partial charge in [0, 0.05) is 49.2 Å². The first-order chi connectivity index (χ1) is 12.2. The molecule has 2 heterocycles. The molecule has 6 heteroatoms. The predicted octanol–water partition coefficient (Wildman–Crippen LogP) is 2.35. The molecule has 0 atom stereocenters. The smallest absolute Gasteiger partial charge is 0.305 e. The number of aromatic nitrogens is 2. The van der Waals surface area contributed by atoms with Crippen molar-refractivity contribution in [3.05, 3.63) is 41.6 Å². The molecule has 0 saturated heterocycles. The van der Waals surface area contributed by atoms with Crippen LogP contribution in [0, 0.1) is 0 Å². The molecule has 1 aliphatic rings. The van der Waals surface area contributed by atoms with Crippen molar-refractivity contribution in [1.82, 2.24) is 15.1 Å². The zero-order valence-electron chi connectivity index (χ0n) is 14.5. The second-order valence-electron chi connectivity index (χ2n) is 6.21. The summed E-state index contributed by atoms with van der Waals surface area (Å²) in [6, 6.07) is 10.1. The number of hydrogen-bond donors (Lipinski definition) is 1. The Morgan fingerprint density at radius 3 is 2.68 bits per heavy atom. The van der Waals surface area contributed by atoms with E-state index in [1.165, 1.54) is 12.7 Å². The van der Waals surface area contributed by atoms with Gasteiger partial charge >= 0.3 is 5.97 Å². The van der Waals surface area contributed by atoms with E-state index < -0.39 is 0 Å². The number of carbonyl (C=O) groups excluding carboxylic acids is 2. The molecule has 6 nitrogen and oxygen atoms in total. The number of carbonyl (C=O) groups is 2. The van der Waals surface area contributed by atoms with Crippen LogP contribution in [-0.4, -0.2) is 47.2 Å². The van der Waals surface area contributed by atoms with Gasteiger partial charge in [-0.05, 0) is 12.8 Å². The molecule has 1 N–H and O–H groups in total. The predicted molar refractivity (Wildman–Crippen MR) is 93.9 cm³/mol. The van der Waals surface area contributed by atoms with Crippen LogP contribution in [0.3, 0.4) is 0 Å². The number of rotatable bonds is 5. The van der Waals surface area contributed by atoms with E-state index in [9.17, 15) is 9.59 Å². The van der Waals surface area contributed by atoms with Crippen molar-refractivity contribution in [3.8, 4) is 11.3 Å². The van der Waals surface area contributed by atoms with Crippen LogP contribution in [0.5, 0.6) is 0 Å². The lowest BCUT2D eigenvalue weighted by atomic mass is 10.0. The fourth-order valence-electron chi connectivity index (χ4n) is 3.21. The van der Waals surface area contributed by atoms with Gasteiger partial charge in [0.2, 0.25) is 5.91 Å². The van der Waals surface area contributed by atoms with E-state index >= 15 is 0 Å². The molecule has 3 rings (SSSR count). The third kappa shape index (κ3) is 4.07. The fourth-order valence-corrected chi connectivity index (χ4v) is 3.21. The van der Waals surface area contributed by atoms with Gasteiger partial charge in [0.1, 0.15) is 0 Å². The van der Waals surface area contributed by atoms with Gasteiger partial charge < -0.3 is 9.64 Å². The first-order valence-corrected chi connectivity index (χ1v) is 8.65.